The maximum atomic E-state index is 13.3. The summed E-state index contributed by atoms with van der Waals surface area (Å²) in [6, 6.07) is -0.177. The normalized spacial score (nSPS) is 31.0. The molecule has 2 heterocycles. The van der Waals surface area contributed by atoms with E-state index in [0.29, 0.717) is 44.4 Å². The molecule has 0 spiro atoms. The second-order valence-electron chi connectivity index (χ2n) is 7.88. The van der Waals surface area contributed by atoms with Gasteiger partial charge in [0.05, 0.1) is 12.6 Å². The first-order chi connectivity index (χ1) is 11.3. The molecule has 0 unspecified atom stereocenters. The fourth-order valence-electron chi connectivity index (χ4n) is 4.12. The van der Waals surface area contributed by atoms with E-state index in [1.54, 1.807) is 0 Å². The number of hydrogen-bond acceptors (Lipinski definition) is 3. The highest BCUT2D eigenvalue weighted by Gasteiger charge is 2.44. The highest BCUT2D eigenvalue weighted by atomic mass is 19.3. The van der Waals surface area contributed by atoms with Gasteiger partial charge in [0.2, 0.25) is 5.91 Å². The van der Waals surface area contributed by atoms with Crippen LogP contribution in [0.3, 0.4) is 0 Å². The molecule has 6 heteroatoms. The van der Waals surface area contributed by atoms with Gasteiger partial charge in [-0.3, -0.25) is 4.79 Å². The average Bonchev–Trinajstić information content (AvgIpc) is 2.86. The quantitative estimate of drug-likeness (QED) is 0.804. The van der Waals surface area contributed by atoms with Crippen molar-refractivity contribution in [1.82, 2.24) is 9.80 Å². The van der Waals surface area contributed by atoms with Gasteiger partial charge in [0.15, 0.2) is 0 Å². The molecule has 1 N–H and O–H groups in total. The second kappa shape index (κ2) is 8.09. The van der Waals surface area contributed by atoms with E-state index >= 15 is 0 Å². The third-order valence-electron chi connectivity index (χ3n) is 5.60. The SMILES string of the molecule is CC[C@@H]1CN(C(=O)CC(C)C)[C@H](CO)[C@@H]1CN1CCC(F)(F)CC1. The van der Waals surface area contributed by atoms with Gasteiger partial charge >= 0.3 is 0 Å². The summed E-state index contributed by atoms with van der Waals surface area (Å²) >= 11 is 0. The maximum absolute atomic E-state index is 13.3. The summed E-state index contributed by atoms with van der Waals surface area (Å²) < 4.78 is 26.7. The molecule has 0 aromatic rings. The van der Waals surface area contributed by atoms with E-state index < -0.39 is 5.92 Å². The first-order valence-corrected chi connectivity index (χ1v) is 9.28. The molecule has 0 aliphatic carbocycles. The Hall–Kier alpha value is -0.750. The molecule has 3 atom stereocenters. The summed E-state index contributed by atoms with van der Waals surface area (Å²) in [6.07, 6.45) is 1.26. The zero-order valence-electron chi connectivity index (χ0n) is 15.2. The number of aliphatic hydroxyl groups excluding tert-OH is 1. The third kappa shape index (κ3) is 4.66. The van der Waals surface area contributed by atoms with E-state index in [1.807, 2.05) is 18.7 Å². The standard InChI is InChI=1S/C18H32F2N2O2/c1-4-14-10-22(17(24)9-13(2)3)16(12-23)15(14)11-21-7-5-18(19,20)6-8-21/h13-16,23H,4-12H2,1-3H3/t14-,15-,16-/m1/s1. The van der Waals surface area contributed by atoms with Crippen molar-refractivity contribution < 1.29 is 18.7 Å². The number of rotatable bonds is 6. The smallest absolute Gasteiger partial charge is 0.250 e. The molecule has 24 heavy (non-hydrogen) atoms. The maximum Gasteiger partial charge on any atom is 0.250 e. The lowest BCUT2D eigenvalue weighted by Gasteiger charge is -2.36. The fraction of sp³-hybridized carbons (Fsp3) is 0.944. The van der Waals surface area contributed by atoms with Crippen LogP contribution in [-0.2, 0) is 4.79 Å². The van der Waals surface area contributed by atoms with E-state index in [9.17, 15) is 18.7 Å². The molecular formula is C18H32F2N2O2. The van der Waals surface area contributed by atoms with Crippen molar-refractivity contribution in [3.05, 3.63) is 0 Å². The molecule has 140 valence electrons. The Kier molecular flexibility index (Phi) is 6.59. The van der Waals surface area contributed by atoms with Crippen LogP contribution >= 0.6 is 0 Å². The zero-order chi connectivity index (χ0) is 17.9. The molecule has 1 amide bonds. The lowest BCUT2D eigenvalue weighted by atomic mass is 9.87. The molecule has 2 fully saturated rings. The average molecular weight is 346 g/mol. The number of hydrogen-bond donors (Lipinski definition) is 1. The first-order valence-electron chi connectivity index (χ1n) is 9.28. The predicted octanol–water partition coefficient (Wildman–Crippen LogP) is 2.61. The van der Waals surface area contributed by atoms with Crippen LogP contribution in [0, 0.1) is 17.8 Å². The highest BCUT2D eigenvalue weighted by Crippen LogP contribution is 2.35. The molecule has 4 nitrogen and oxygen atoms in total. The molecule has 0 radical (unpaired) electrons. The first kappa shape index (κ1) is 19.6. The van der Waals surface area contributed by atoms with Crippen LogP contribution in [0.1, 0.15) is 46.5 Å². The number of carbonyl (C=O) groups excluding carboxylic acids is 1. The highest BCUT2D eigenvalue weighted by molar-refractivity contribution is 5.77. The molecule has 0 aromatic heterocycles. The molecule has 0 saturated carbocycles. The van der Waals surface area contributed by atoms with E-state index in [4.69, 9.17) is 0 Å². The number of amides is 1. The van der Waals surface area contributed by atoms with E-state index in [2.05, 4.69) is 11.8 Å². The van der Waals surface area contributed by atoms with Crippen LogP contribution in [-0.4, -0.2) is 65.6 Å². The number of piperidine rings is 1. The van der Waals surface area contributed by atoms with Gasteiger partial charge in [-0.15, -0.1) is 0 Å². The van der Waals surface area contributed by atoms with Crippen LogP contribution < -0.4 is 0 Å². The Balaban J connectivity index is 2.02. The Bertz CT molecular complexity index is 421. The summed E-state index contributed by atoms with van der Waals surface area (Å²) in [5.74, 6) is -1.63. The summed E-state index contributed by atoms with van der Waals surface area (Å²) in [4.78, 5) is 16.4. The summed E-state index contributed by atoms with van der Waals surface area (Å²) in [7, 11) is 0. The van der Waals surface area contributed by atoms with Crippen LogP contribution in [0.15, 0.2) is 0 Å². The van der Waals surface area contributed by atoms with Gasteiger partial charge in [-0.05, 0) is 17.8 Å². The minimum Gasteiger partial charge on any atom is -0.394 e. The third-order valence-corrected chi connectivity index (χ3v) is 5.60. The van der Waals surface area contributed by atoms with Crippen LogP contribution in [0.4, 0.5) is 8.78 Å². The Morgan fingerprint density at radius 2 is 1.92 bits per heavy atom. The molecular weight excluding hydrogens is 314 g/mol. The van der Waals surface area contributed by atoms with Crippen molar-refractivity contribution in [2.75, 3.05) is 32.8 Å². The largest absolute Gasteiger partial charge is 0.394 e. The minimum atomic E-state index is -2.54. The molecule has 2 saturated heterocycles. The molecule has 2 rings (SSSR count). The number of carbonyl (C=O) groups is 1. The predicted molar refractivity (Wildman–Crippen MR) is 89.9 cm³/mol. The van der Waals surface area contributed by atoms with Gasteiger partial charge < -0.3 is 14.9 Å². The van der Waals surface area contributed by atoms with E-state index in [1.165, 1.54) is 0 Å². The fourth-order valence-corrected chi connectivity index (χ4v) is 4.12. The van der Waals surface area contributed by atoms with Gasteiger partial charge in [0.1, 0.15) is 0 Å². The molecule has 2 aliphatic heterocycles. The molecule has 0 aromatic carbocycles. The molecule has 2 aliphatic rings. The van der Waals surface area contributed by atoms with Crippen molar-refractivity contribution in [1.29, 1.82) is 0 Å². The minimum absolute atomic E-state index is 0.0466. The second-order valence-corrected chi connectivity index (χ2v) is 7.88. The van der Waals surface area contributed by atoms with Crippen molar-refractivity contribution >= 4 is 5.91 Å². The Labute approximate surface area is 144 Å². The van der Waals surface area contributed by atoms with Crippen LogP contribution in [0.25, 0.3) is 0 Å². The van der Waals surface area contributed by atoms with Gasteiger partial charge in [0, 0.05) is 45.4 Å². The van der Waals surface area contributed by atoms with Gasteiger partial charge in [-0.2, -0.15) is 0 Å². The summed E-state index contributed by atoms with van der Waals surface area (Å²) in [6.45, 7) is 8.28. The summed E-state index contributed by atoms with van der Waals surface area (Å²) in [5.41, 5.74) is 0. The van der Waals surface area contributed by atoms with Crippen molar-refractivity contribution in [3.63, 3.8) is 0 Å². The van der Waals surface area contributed by atoms with Gasteiger partial charge in [-0.25, -0.2) is 8.78 Å². The van der Waals surface area contributed by atoms with Gasteiger partial charge in [0.25, 0.3) is 5.92 Å². The van der Waals surface area contributed by atoms with Crippen molar-refractivity contribution in [3.8, 4) is 0 Å². The van der Waals surface area contributed by atoms with Crippen molar-refractivity contribution in [2.45, 2.75) is 58.4 Å². The van der Waals surface area contributed by atoms with Crippen LogP contribution in [0.5, 0.6) is 0 Å². The Morgan fingerprint density at radius 1 is 1.29 bits per heavy atom. The zero-order valence-corrected chi connectivity index (χ0v) is 15.2. The lowest BCUT2D eigenvalue weighted by molar-refractivity contribution is -0.134. The van der Waals surface area contributed by atoms with Crippen LogP contribution in [0.2, 0.25) is 0 Å². The van der Waals surface area contributed by atoms with E-state index in [0.717, 1.165) is 6.42 Å². The topological polar surface area (TPSA) is 43.8 Å². The number of halogens is 2. The van der Waals surface area contributed by atoms with Gasteiger partial charge in [-0.1, -0.05) is 27.2 Å². The number of nitrogens with zero attached hydrogens (tertiary/aromatic N) is 2. The number of likely N-dealkylation sites (tertiary alicyclic amines) is 2. The lowest BCUT2D eigenvalue weighted by Crippen LogP contribution is -2.46. The monoisotopic (exact) mass is 346 g/mol. The number of alkyl halides is 2. The van der Waals surface area contributed by atoms with Crippen molar-refractivity contribution in [2.24, 2.45) is 17.8 Å². The number of aliphatic hydroxyl groups is 1. The van der Waals surface area contributed by atoms with E-state index in [-0.39, 0.29) is 37.3 Å². The summed E-state index contributed by atoms with van der Waals surface area (Å²) in [5, 5.41) is 9.88. The molecule has 0 bridgehead atoms. The Morgan fingerprint density at radius 3 is 2.42 bits per heavy atom.